The summed E-state index contributed by atoms with van der Waals surface area (Å²) in [6.45, 7) is 7.86. The third-order valence-corrected chi connectivity index (χ3v) is 3.87. The molecule has 0 amide bonds. The smallest absolute Gasteiger partial charge is 0.123 e. The van der Waals surface area contributed by atoms with Crippen LogP contribution in [0.3, 0.4) is 0 Å². The first-order valence-electron chi connectivity index (χ1n) is 6.97. The second-order valence-electron chi connectivity index (χ2n) is 5.91. The average molecular weight is 247 g/mol. The number of rotatable bonds is 4. The minimum absolute atomic E-state index is 0.117. The molecule has 2 rings (SSSR count). The normalized spacial score (nSPS) is 23.6. The van der Waals surface area contributed by atoms with Crippen molar-refractivity contribution >= 4 is 0 Å². The summed E-state index contributed by atoms with van der Waals surface area (Å²) in [6.07, 6.45) is 3.64. The Morgan fingerprint density at radius 3 is 2.72 bits per heavy atom. The Balaban J connectivity index is 2.44. The fourth-order valence-electron chi connectivity index (χ4n) is 3.21. The summed E-state index contributed by atoms with van der Waals surface area (Å²) in [7, 11) is 1.77. The van der Waals surface area contributed by atoms with Crippen LogP contribution in [-0.2, 0) is 5.54 Å². The maximum atomic E-state index is 5.58. The molecular weight excluding hydrogens is 222 g/mol. The Bertz CT molecular complexity index is 406. The molecule has 0 radical (unpaired) electrons. The Morgan fingerprint density at radius 1 is 1.39 bits per heavy atom. The highest BCUT2D eigenvalue weighted by atomic mass is 16.5. The summed E-state index contributed by atoms with van der Waals surface area (Å²) in [5, 5.41) is 3.74. The van der Waals surface area contributed by atoms with E-state index in [9.17, 15) is 0 Å². The first-order chi connectivity index (χ1) is 8.57. The summed E-state index contributed by atoms with van der Waals surface area (Å²) < 4.78 is 5.58. The third kappa shape index (κ3) is 2.54. The largest absolute Gasteiger partial charge is 0.496 e. The lowest BCUT2D eigenvalue weighted by atomic mass is 9.80. The van der Waals surface area contributed by atoms with E-state index in [1.54, 1.807) is 7.11 Å². The number of benzene rings is 1. The SMILES string of the molecule is COc1ccc(C)cc1C1(CC(C)C)CCCN1. The highest BCUT2D eigenvalue weighted by Gasteiger charge is 2.37. The Hall–Kier alpha value is -1.02. The van der Waals surface area contributed by atoms with Gasteiger partial charge in [-0.2, -0.15) is 0 Å². The van der Waals surface area contributed by atoms with Gasteiger partial charge in [-0.3, -0.25) is 0 Å². The molecule has 1 atom stereocenters. The van der Waals surface area contributed by atoms with E-state index in [1.165, 1.54) is 30.4 Å². The molecule has 0 bridgehead atoms. The fourth-order valence-corrected chi connectivity index (χ4v) is 3.21. The molecule has 1 saturated heterocycles. The molecule has 0 aliphatic carbocycles. The maximum Gasteiger partial charge on any atom is 0.123 e. The lowest BCUT2D eigenvalue weighted by molar-refractivity contribution is 0.295. The van der Waals surface area contributed by atoms with Gasteiger partial charge in [0.15, 0.2) is 0 Å². The van der Waals surface area contributed by atoms with Crippen molar-refractivity contribution in [3.63, 3.8) is 0 Å². The number of aryl methyl sites for hydroxylation is 1. The van der Waals surface area contributed by atoms with Crippen molar-refractivity contribution in [3.05, 3.63) is 29.3 Å². The van der Waals surface area contributed by atoms with Gasteiger partial charge in [0.25, 0.3) is 0 Å². The molecule has 100 valence electrons. The van der Waals surface area contributed by atoms with E-state index in [-0.39, 0.29) is 5.54 Å². The van der Waals surface area contributed by atoms with Crippen LogP contribution in [0.4, 0.5) is 0 Å². The molecule has 1 fully saturated rings. The van der Waals surface area contributed by atoms with Gasteiger partial charge >= 0.3 is 0 Å². The number of methoxy groups -OCH3 is 1. The van der Waals surface area contributed by atoms with Crippen LogP contribution in [0.5, 0.6) is 5.75 Å². The summed E-state index contributed by atoms with van der Waals surface area (Å²) in [6, 6.07) is 6.52. The molecular formula is C16H25NO. The molecule has 18 heavy (non-hydrogen) atoms. The molecule has 0 aromatic heterocycles. The van der Waals surface area contributed by atoms with Crippen molar-refractivity contribution in [2.24, 2.45) is 5.92 Å². The number of nitrogens with one attached hydrogen (secondary N) is 1. The van der Waals surface area contributed by atoms with Crippen LogP contribution in [0.2, 0.25) is 0 Å². The van der Waals surface area contributed by atoms with Gasteiger partial charge in [-0.05, 0) is 44.7 Å². The van der Waals surface area contributed by atoms with Crippen LogP contribution in [0.15, 0.2) is 18.2 Å². The minimum Gasteiger partial charge on any atom is -0.496 e. The molecule has 1 aliphatic rings. The first kappa shape index (κ1) is 13.4. The Kier molecular flexibility index (Phi) is 3.96. The molecule has 1 aromatic carbocycles. The predicted octanol–water partition coefficient (Wildman–Crippen LogP) is 3.63. The summed E-state index contributed by atoms with van der Waals surface area (Å²) in [5.41, 5.74) is 2.77. The number of ether oxygens (including phenoxy) is 1. The molecule has 2 nitrogen and oxygen atoms in total. The quantitative estimate of drug-likeness (QED) is 0.877. The van der Waals surface area contributed by atoms with Gasteiger partial charge in [-0.1, -0.05) is 31.5 Å². The summed E-state index contributed by atoms with van der Waals surface area (Å²) in [5.74, 6) is 1.71. The molecule has 1 aromatic rings. The standard InChI is InChI=1S/C16H25NO/c1-12(2)11-16(8-5-9-17-16)14-10-13(3)6-7-15(14)18-4/h6-7,10,12,17H,5,8-9,11H2,1-4H3. The van der Waals surface area contributed by atoms with Crippen LogP contribution in [0.25, 0.3) is 0 Å². The van der Waals surface area contributed by atoms with Crippen LogP contribution in [0.1, 0.15) is 44.2 Å². The van der Waals surface area contributed by atoms with E-state index in [0.29, 0.717) is 5.92 Å². The highest BCUT2D eigenvalue weighted by Crippen LogP contribution is 2.41. The molecule has 1 N–H and O–H groups in total. The van der Waals surface area contributed by atoms with E-state index < -0.39 is 0 Å². The molecule has 1 aliphatic heterocycles. The van der Waals surface area contributed by atoms with Crippen molar-refractivity contribution < 1.29 is 4.74 Å². The second-order valence-corrected chi connectivity index (χ2v) is 5.91. The third-order valence-electron chi connectivity index (χ3n) is 3.87. The Labute approximate surface area is 111 Å². The molecule has 0 spiro atoms. The van der Waals surface area contributed by atoms with Crippen LogP contribution >= 0.6 is 0 Å². The van der Waals surface area contributed by atoms with Crippen LogP contribution in [0, 0.1) is 12.8 Å². The summed E-state index contributed by atoms with van der Waals surface area (Å²) in [4.78, 5) is 0. The molecule has 1 unspecified atom stereocenters. The van der Waals surface area contributed by atoms with Crippen LogP contribution in [-0.4, -0.2) is 13.7 Å². The lowest BCUT2D eigenvalue weighted by Gasteiger charge is -2.33. The number of hydrogen-bond acceptors (Lipinski definition) is 2. The monoisotopic (exact) mass is 247 g/mol. The van der Waals surface area contributed by atoms with Crippen LogP contribution < -0.4 is 10.1 Å². The zero-order valence-corrected chi connectivity index (χ0v) is 12.0. The molecule has 2 heteroatoms. The van der Waals surface area contributed by atoms with Crippen molar-refractivity contribution in [1.29, 1.82) is 0 Å². The van der Waals surface area contributed by atoms with Crippen molar-refractivity contribution in [2.45, 2.75) is 45.6 Å². The van der Waals surface area contributed by atoms with Gasteiger partial charge in [0.1, 0.15) is 5.75 Å². The number of hydrogen-bond donors (Lipinski definition) is 1. The maximum absolute atomic E-state index is 5.58. The topological polar surface area (TPSA) is 21.3 Å². The van der Waals surface area contributed by atoms with Gasteiger partial charge in [0.2, 0.25) is 0 Å². The first-order valence-corrected chi connectivity index (χ1v) is 6.97. The van der Waals surface area contributed by atoms with Crippen molar-refractivity contribution in [1.82, 2.24) is 5.32 Å². The predicted molar refractivity (Wildman–Crippen MR) is 76.1 cm³/mol. The van der Waals surface area contributed by atoms with E-state index in [0.717, 1.165) is 12.3 Å². The second kappa shape index (κ2) is 5.31. The average Bonchev–Trinajstić information content (AvgIpc) is 2.77. The van der Waals surface area contributed by atoms with E-state index in [4.69, 9.17) is 4.74 Å². The summed E-state index contributed by atoms with van der Waals surface area (Å²) >= 11 is 0. The minimum atomic E-state index is 0.117. The lowest BCUT2D eigenvalue weighted by Crippen LogP contribution is -2.38. The van der Waals surface area contributed by atoms with Gasteiger partial charge in [-0.15, -0.1) is 0 Å². The van der Waals surface area contributed by atoms with E-state index >= 15 is 0 Å². The highest BCUT2D eigenvalue weighted by molar-refractivity contribution is 5.42. The molecule has 1 heterocycles. The zero-order valence-electron chi connectivity index (χ0n) is 12.0. The van der Waals surface area contributed by atoms with Crippen molar-refractivity contribution in [3.8, 4) is 5.75 Å². The van der Waals surface area contributed by atoms with Crippen molar-refractivity contribution in [2.75, 3.05) is 13.7 Å². The Morgan fingerprint density at radius 2 is 2.17 bits per heavy atom. The van der Waals surface area contributed by atoms with Gasteiger partial charge in [-0.25, -0.2) is 0 Å². The van der Waals surface area contributed by atoms with Gasteiger partial charge < -0.3 is 10.1 Å². The molecule has 0 saturated carbocycles. The van der Waals surface area contributed by atoms with Gasteiger partial charge in [0.05, 0.1) is 7.11 Å². The van der Waals surface area contributed by atoms with E-state index in [1.807, 2.05) is 0 Å². The zero-order chi connectivity index (χ0) is 13.2. The van der Waals surface area contributed by atoms with E-state index in [2.05, 4.69) is 44.3 Å². The van der Waals surface area contributed by atoms with Gasteiger partial charge in [0, 0.05) is 11.1 Å². The fraction of sp³-hybridized carbons (Fsp3) is 0.625.